The highest BCUT2D eigenvalue weighted by Gasteiger charge is 2.54. The summed E-state index contributed by atoms with van der Waals surface area (Å²) in [6.45, 7) is 22.7. The summed E-state index contributed by atoms with van der Waals surface area (Å²) in [6, 6.07) is 0. The number of carbonyl (C=O) groups excluding carboxylic acids is 1. The van der Waals surface area contributed by atoms with Crippen molar-refractivity contribution in [2.75, 3.05) is 0 Å². The van der Waals surface area contributed by atoms with Crippen LogP contribution in [-0.4, -0.2) is 50.9 Å². The van der Waals surface area contributed by atoms with E-state index in [1.165, 1.54) is 0 Å². The molecule has 0 aliphatic carbocycles. The predicted molar refractivity (Wildman–Crippen MR) is 134 cm³/mol. The van der Waals surface area contributed by atoms with E-state index in [2.05, 4.69) is 23.9 Å². The average molecular weight is 492 g/mol. The summed E-state index contributed by atoms with van der Waals surface area (Å²) in [7, 11) is -1.94. The van der Waals surface area contributed by atoms with E-state index < -0.39 is 45.8 Å². The molecule has 1 unspecified atom stereocenters. The number of hydrogen-bond donors (Lipinski definition) is 2. The van der Waals surface area contributed by atoms with Gasteiger partial charge in [0.05, 0.1) is 39.3 Å². The second-order valence-corrected chi connectivity index (χ2v) is 13.7. The van der Waals surface area contributed by atoms with Gasteiger partial charge in [0.25, 0.3) is 0 Å². The Morgan fingerprint density at radius 2 is 1.59 bits per heavy atom. The van der Waals surface area contributed by atoms with E-state index >= 15 is 0 Å². The lowest BCUT2D eigenvalue weighted by atomic mass is 9.76. The highest BCUT2D eigenvalue weighted by Crippen LogP contribution is 2.38. The van der Waals surface area contributed by atoms with E-state index in [4.69, 9.17) is 18.8 Å². The fourth-order valence-electron chi connectivity index (χ4n) is 2.95. The van der Waals surface area contributed by atoms with Gasteiger partial charge in [-0.1, -0.05) is 0 Å². The van der Waals surface area contributed by atoms with Gasteiger partial charge in [0, 0.05) is 0 Å². The first-order valence-corrected chi connectivity index (χ1v) is 12.6. The van der Waals surface area contributed by atoms with Crippen LogP contribution in [0.3, 0.4) is 0 Å². The largest absolute Gasteiger partial charge is 0.484 e. The van der Waals surface area contributed by atoms with E-state index in [1.807, 2.05) is 69.2 Å². The molecule has 3 atom stereocenters. The van der Waals surface area contributed by atoms with Crippen LogP contribution in [0.1, 0.15) is 88.5 Å². The van der Waals surface area contributed by atoms with Gasteiger partial charge in [-0.05, 0) is 88.7 Å². The Morgan fingerprint density at radius 1 is 1.09 bits per heavy atom. The molecule has 1 fully saturated rings. The van der Waals surface area contributed by atoms with Gasteiger partial charge in [-0.2, -0.15) is 0 Å². The Bertz CT molecular complexity index is 684. The number of hydrogen-bond acceptors (Lipinski definition) is 7. The van der Waals surface area contributed by atoms with Gasteiger partial charge >= 0.3 is 13.1 Å². The summed E-state index contributed by atoms with van der Waals surface area (Å²) in [5.74, 6) is -0.746. The van der Waals surface area contributed by atoms with Crippen LogP contribution in [-0.2, 0) is 34.6 Å². The molecule has 186 valence electrons. The summed E-state index contributed by atoms with van der Waals surface area (Å²) in [5.41, 5.74) is -1.63. The molecule has 1 aliphatic rings. The van der Waals surface area contributed by atoms with E-state index in [0.29, 0.717) is 12.8 Å². The summed E-state index contributed by atoms with van der Waals surface area (Å²) in [4.78, 5) is 12.4. The number of esters is 1. The number of ether oxygens (including phenoxy) is 2. The lowest BCUT2D eigenvalue weighted by Gasteiger charge is -2.32. The minimum atomic E-state index is -1.34. The SMILES string of the molecule is C=C(S)O[C@@H](CCC(N[S@@](=O)C(C)(C)C)B1OC(C)(C)C(C)(C)O1)CC(=O)OC(C)(C)C. The molecule has 10 heteroatoms. The number of nitrogens with one attached hydrogen (secondary N) is 1. The average Bonchev–Trinajstić information content (AvgIpc) is 2.75. The van der Waals surface area contributed by atoms with Gasteiger partial charge in [-0.15, -0.1) is 12.6 Å². The summed E-state index contributed by atoms with van der Waals surface area (Å²) in [5, 5.41) is 0.219. The Hall–Kier alpha value is -0.545. The van der Waals surface area contributed by atoms with E-state index in [0.717, 1.165) is 0 Å². The van der Waals surface area contributed by atoms with Gasteiger partial charge in [0.1, 0.15) is 16.8 Å². The number of thiol groups is 1. The number of carbonyl (C=O) groups is 1. The summed E-state index contributed by atoms with van der Waals surface area (Å²) in [6.07, 6.45) is 0.509. The normalized spacial score (nSPS) is 21.0. The van der Waals surface area contributed by atoms with Crippen LogP contribution in [0.15, 0.2) is 11.7 Å². The zero-order valence-corrected chi connectivity index (χ0v) is 23.1. The Kier molecular flexibility index (Phi) is 9.95. The fraction of sp³-hybridized carbons (Fsp3) is 0.864. The van der Waals surface area contributed by atoms with Crippen molar-refractivity contribution in [3.05, 3.63) is 11.7 Å². The van der Waals surface area contributed by atoms with Crippen molar-refractivity contribution in [1.29, 1.82) is 0 Å². The smallest absolute Gasteiger partial charge is 0.477 e. The van der Waals surface area contributed by atoms with E-state index in [1.54, 1.807) is 0 Å². The second kappa shape index (κ2) is 10.8. The fourth-order valence-corrected chi connectivity index (χ4v) is 3.95. The van der Waals surface area contributed by atoms with E-state index in [-0.39, 0.29) is 23.4 Å². The highest BCUT2D eigenvalue weighted by molar-refractivity contribution is 7.84. The number of rotatable bonds is 10. The van der Waals surface area contributed by atoms with Crippen LogP contribution >= 0.6 is 12.6 Å². The van der Waals surface area contributed by atoms with Gasteiger partial charge in [0.15, 0.2) is 0 Å². The molecule has 32 heavy (non-hydrogen) atoms. The second-order valence-electron chi connectivity index (χ2n) is 11.2. The van der Waals surface area contributed by atoms with Gasteiger partial charge in [-0.25, -0.2) is 8.93 Å². The van der Waals surface area contributed by atoms with Crippen molar-refractivity contribution in [2.24, 2.45) is 0 Å². The Balaban J connectivity index is 2.99. The first kappa shape index (κ1) is 29.5. The van der Waals surface area contributed by atoms with Crippen molar-refractivity contribution in [1.82, 2.24) is 4.72 Å². The standard InChI is InChI=1S/C22H42BNO6S2/c1-15(31)27-16(14-18(25)28-19(2,3)4)12-13-17(24-32(26)20(5,6)7)23-29-21(8,9)22(10,11)30-23/h16-17,24,31H,1,12-14H2,2-11H3/t16-,17?,32-/m0/s1. The molecule has 0 spiro atoms. The maximum absolute atomic E-state index is 12.9. The van der Waals surface area contributed by atoms with Gasteiger partial charge in [-0.3, -0.25) is 4.79 Å². The first-order valence-electron chi connectivity index (χ1n) is 11.0. The molecule has 1 N–H and O–H groups in total. The van der Waals surface area contributed by atoms with Gasteiger partial charge < -0.3 is 18.8 Å². The van der Waals surface area contributed by atoms with Crippen molar-refractivity contribution in [3.63, 3.8) is 0 Å². The maximum atomic E-state index is 12.9. The molecule has 0 aromatic carbocycles. The molecule has 0 aromatic rings. The Morgan fingerprint density at radius 3 is 2.00 bits per heavy atom. The molecular formula is C22H42BNO6S2. The molecule has 1 heterocycles. The first-order chi connectivity index (χ1) is 14.2. The third-order valence-corrected chi connectivity index (χ3v) is 7.07. The van der Waals surface area contributed by atoms with Crippen LogP contribution in [0.4, 0.5) is 0 Å². The third kappa shape index (κ3) is 9.37. The maximum Gasteiger partial charge on any atom is 0.477 e. The lowest BCUT2D eigenvalue weighted by molar-refractivity contribution is -0.157. The third-order valence-electron chi connectivity index (χ3n) is 5.33. The van der Waals surface area contributed by atoms with Crippen molar-refractivity contribution in [3.8, 4) is 0 Å². The van der Waals surface area contributed by atoms with Gasteiger partial charge in [0.2, 0.25) is 0 Å². The lowest BCUT2D eigenvalue weighted by Crippen LogP contribution is -2.50. The molecule has 0 amide bonds. The minimum Gasteiger partial charge on any atom is -0.484 e. The molecular weight excluding hydrogens is 449 g/mol. The van der Waals surface area contributed by atoms with Crippen molar-refractivity contribution >= 4 is 36.7 Å². The molecule has 0 aromatic heterocycles. The topological polar surface area (TPSA) is 83.1 Å². The zero-order valence-electron chi connectivity index (χ0n) is 21.4. The van der Waals surface area contributed by atoms with Crippen LogP contribution < -0.4 is 4.72 Å². The molecule has 0 bridgehead atoms. The monoisotopic (exact) mass is 491 g/mol. The molecule has 1 rings (SSSR count). The van der Waals surface area contributed by atoms with E-state index in [9.17, 15) is 9.00 Å². The molecule has 7 nitrogen and oxygen atoms in total. The quantitative estimate of drug-likeness (QED) is 0.205. The van der Waals surface area contributed by atoms with Crippen molar-refractivity contribution < 1.29 is 27.8 Å². The van der Waals surface area contributed by atoms with Crippen molar-refractivity contribution in [2.45, 2.75) is 122 Å². The molecule has 1 aliphatic heterocycles. The Labute approximate surface area is 202 Å². The van der Waals surface area contributed by atoms with Crippen LogP contribution in [0, 0.1) is 0 Å². The summed E-state index contributed by atoms with van der Waals surface area (Å²) >= 11 is 4.13. The molecule has 0 radical (unpaired) electrons. The molecule has 1 saturated heterocycles. The van der Waals surface area contributed by atoms with Crippen LogP contribution in [0.25, 0.3) is 0 Å². The minimum absolute atomic E-state index is 0.0509. The highest BCUT2D eigenvalue weighted by atomic mass is 32.2. The summed E-state index contributed by atoms with van der Waals surface area (Å²) < 4.78 is 39.1. The predicted octanol–water partition coefficient (Wildman–Crippen LogP) is 4.34. The van der Waals surface area contributed by atoms with Crippen LogP contribution in [0.2, 0.25) is 0 Å². The zero-order chi connectivity index (χ0) is 25.1. The molecule has 0 saturated carbocycles. The van der Waals surface area contributed by atoms with Crippen LogP contribution in [0.5, 0.6) is 0 Å².